The van der Waals surface area contributed by atoms with Gasteiger partial charge in [-0.2, -0.15) is 0 Å². The second-order valence-corrected chi connectivity index (χ2v) is 7.29. The fourth-order valence-electron chi connectivity index (χ4n) is 3.33. The molecule has 4 nitrogen and oxygen atoms in total. The van der Waals surface area contributed by atoms with Crippen molar-refractivity contribution in [1.82, 2.24) is 4.98 Å². The largest absolute Gasteiger partial charge is 0.386 e. The lowest BCUT2D eigenvalue weighted by atomic mass is 9.86. The van der Waals surface area contributed by atoms with Crippen molar-refractivity contribution >= 4 is 0 Å². The molecule has 6 heteroatoms. The van der Waals surface area contributed by atoms with E-state index in [0.717, 1.165) is 12.8 Å². The van der Waals surface area contributed by atoms with E-state index >= 15 is 4.39 Å². The summed E-state index contributed by atoms with van der Waals surface area (Å²) in [4.78, 5) is 4.50. The van der Waals surface area contributed by atoms with Gasteiger partial charge in [-0.15, -0.1) is 0 Å². The number of ether oxygens (including phenoxy) is 1. The molecule has 0 aliphatic carbocycles. The highest BCUT2D eigenvalue weighted by Crippen LogP contribution is 2.38. The number of benzene rings is 1. The molecule has 1 aliphatic rings. The third-order valence-electron chi connectivity index (χ3n) is 4.88. The van der Waals surface area contributed by atoms with E-state index in [1.165, 1.54) is 38.1 Å². The van der Waals surface area contributed by atoms with Crippen LogP contribution < -0.4 is 5.73 Å². The normalized spacial score (nSPS) is 21.0. The number of hydrogen-bond donors (Lipinski definition) is 2. The minimum Gasteiger partial charge on any atom is -0.386 e. The molecule has 2 aromatic rings. The van der Waals surface area contributed by atoms with Crippen molar-refractivity contribution in [3.8, 4) is 11.3 Å². The zero-order valence-corrected chi connectivity index (χ0v) is 15.1. The SMILES string of the molecule is CC(C)(O)c1cc(C2(CN)CCCCO2)nc(-c2ccc(F)cc2)c1F. The van der Waals surface area contributed by atoms with Gasteiger partial charge < -0.3 is 15.6 Å². The smallest absolute Gasteiger partial charge is 0.155 e. The van der Waals surface area contributed by atoms with Crippen LogP contribution >= 0.6 is 0 Å². The zero-order valence-electron chi connectivity index (χ0n) is 15.1. The number of halogens is 2. The van der Waals surface area contributed by atoms with E-state index in [9.17, 15) is 9.50 Å². The molecule has 3 rings (SSSR count). The van der Waals surface area contributed by atoms with E-state index in [1.54, 1.807) is 6.07 Å². The fraction of sp³-hybridized carbons (Fsp3) is 0.450. The molecule has 0 amide bonds. The molecule has 0 radical (unpaired) electrons. The summed E-state index contributed by atoms with van der Waals surface area (Å²) in [6.45, 7) is 3.79. The second kappa shape index (κ2) is 7.02. The lowest BCUT2D eigenvalue weighted by molar-refractivity contribution is -0.0800. The van der Waals surface area contributed by atoms with E-state index in [2.05, 4.69) is 4.98 Å². The molecule has 1 aromatic heterocycles. The van der Waals surface area contributed by atoms with Gasteiger partial charge in [0.05, 0.1) is 11.3 Å². The highest BCUT2D eigenvalue weighted by molar-refractivity contribution is 5.62. The highest BCUT2D eigenvalue weighted by atomic mass is 19.1. The average Bonchev–Trinajstić information content (AvgIpc) is 2.62. The van der Waals surface area contributed by atoms with Gasteiger partial charge in [-0.05, 0) is 63.4 Å². The number of aromatic nitrogens is 1. The minimum absolute atomic E-state index is 0.0571. The van der Waals surface area contributed by atoms with Crippen LogP contribution in [0.25, 0.3) is 11.3 Å². The lowest BCUT2D eigenvalue weighted by Crippen LogP contribution is -2.42. The number of aliphatic hydroxyl groups is 1. The van der Waals surface area contributed by atoms with E-state index in [1.807, 2.05) is 0 Å². The maximum absolute atomic E-state index is 15.1. The summed E-state index contributed by atoms with van der Waals surface area (Å²) < 4.78 is 34.4. The quantitative estimate of drug-likeness (QED) is 0.872. The molecule has 0 bridgehead atoms. The maximum Gasteiger partial charge on any atom is 0.155 e. The first-order valence-electron chi connectivity index (χ1n) is 8.81. The van der Waals surface area contributed by atoms with Gasteiger partial charge in [-0.3, -0.25) is 0 Å². The number of pyridine rings is 1. The van der Waals surface area contributed by atoms with Crippen LogP contribution in [-0.4, -0.2) is 23.2 Å². The molecule has 140 valence electrons. The van der Waals surface area contributed by atoms with Gasteiger partial charge in [0.25, 0.3) is 0 Å². The van der Waals surface area contributed by atoms with Crippen LogP contribution in [0.1, 0.15) is 44.4 Å². The van der Waals surface area contributed by atoms with Crippen molar-refractivity contribution in [2.45, 2.75) is 44.3 Å². The Bertz CT molecular complexity index is 780. The molecule has 1 aliphatic heterocycles. The van der Waals surface area contributed by atoms with Crippen molar-refractivity contribution in [2.75, 3.05) is 13.2 Å². The van der Waals surface area contributed by atoms with Crippen LogP contribution in [0.2, 0.25) is 0 Å². The standard InChI is InChI=1S/C20H24F2N2O2/c1-19(2,25)15-11-16(20(12-23)9-3-4-10-26-20)24-18(17(15)22)13-5-7-14(21)8-6-13/h5-8,11,25H,3-4,9-10,12,23H2,1-2H3. The van der Waals surface area contributed by atoms with Crippen molar-refractivity contribution in [2.24, 2.45) is 5.73 Å². The highest BCUT2D eigenvalue weighted by Gasteiger charge is 2.38. The van der Waals surface area contributed by atoms with Crippen LogP contribution in [0, 0.1) is 11.6 Å². The Morgan fingerprint density at radius 3 is 2.46 bits per heavy atom. The zero-order chi connectivity index (χ0) is 18.9. The van der Waals surface area contributed by atoms with Gasteiger partial charge >= 0.3 is 0 Å². The van der Waals surface area contributed by atoms with E-state index < -0.39 is 22.8 Å². The molecule has 0 spiro atoms. The Labute approximate surface area is 152 Å². The summed E-state index contributed by atoms with van der Waals surface area (Å²) in [6.07, 6.45) is 2.54. The summed E-state index contributed by atoms with van der Waals surface area (Å²) in [5.74, 6) is -1.04. The molecule has 1 unspecified atom stereocenters. The summed E-state index contributed by atoms with van der Waals surface area (Å²) in [5, 5.41) is 10.5. The number of nitrogens with zero attached hydrogens (tertiary/aromatic N) is 1. The van der Waals surface area contributed by atoms with Crippen molar-refractivity contribution in [1.29, 1.82) is 0 Å². The summed E-state index contributed by atoms with van der Waals surface area (Å²) in [6, 6.07) is 6.98. The van der Waals surface area contributed by atoms with Crippen LogP contribution in [-0.2, 0) is 15.9 Å². The topological polar surface area (TPSA) is 68.4 Å². The first kappa shape index (κ1) is 18.9. The predicted octanol–water partition coefficient (Wildman–Crippen LogP) is 3.61. The Balaban J connectivity index is 2.22. The first-order valence-corrected chi connectivity index (χ1v) is 8.81. The van der Waals surface area contributed by atoms with Crippen molar-refractivity contribution in [3.63, 3.8) is 0 Å². The second-order valence-electron chi connectivity index (χ2n) is 7.29. The molecule has 1 atom stereocenters. The van der Waals surface area contributed by atoms with Crippen LogP contribution in [0.5, 0.6) is 0 Å². The molecular formula is C20H24F2N2O2. The van der Waals surface area contributed by atoms with E-state index in [-0.39, 0.29) is 17.8 Å². The molecule has 0 saturated carbocycles. The summed E-state index contributed by atoms with van der Waals surface area (Å²) >= 11 is 0. The van der Waals surface area contributed by atoms with Crippen molar-refractivity contribution < 1.29 is 18.6 Å². The number of hydrogen-bond acceptors (Lipinski definition) is 4. The van der Waals surface area contributed by atoms with Gasteiger partial charge in [0.2, 0.25) is 0 Å². The van der Waals surface area contributed by atoms with E-state index in [4.69, 9.17) is 10.5 Å². The third-order valence-corrected chi connectivity index (χ3v) is 4.88. The molecule has 1 saturated heterocycles. The summed E-state index contributed by atoms with van der Waals surface area (Å²) in [7, 11) is 0. The van der Waals surface area contributed by atoms with Crippen LogP contribution in [0.4, 0.5) is 8.78 Å². The Morgan fingerprint density at radius 1 is 1.23 bits per heavy atom. The van der Waals surface area contributed by atoms with Gasteiger partial charge in [0.15, 0.2) is 5.82 Å². The van der Waals surface area contributed by atoms with Gasteiger partial charge in [0.1, 0.15) is 17.1 Å². The molecule has 3 N–H and O–H groups in total. The Hall–Kier alpha value is -1.89. The molecular weight excluding hydrogens is 338 g/mol. The summed E-state index contributed by atoms with van der Waals surface area (Å²) in [5.41, 5.74) is 4.88. The monoisotopic (exact) mass is 362 g/mol. The Morgan fingerprint density at radius 2 is 1.92 bits per heavy atom. The van der Waals surface area contributed by atoms with Crippen LogP contribution in [0.15, 0.2) is 30.3 Å². The number of nitrogens with two attached hydrogens (primary N) is 1. The first-order chi connectivity index (χ1) is 12.3. The third kappa shape index (κ3) is 3.49. The van der Waals surface area contributed by atoms with Gasteiger partial charge in [-0.25, -0.2) is 13.8 Å². The van der Waals surface area contributed by atoms with Crippen molar-refractivity contribution in [3.05, 3.63) is 53.2 Å². The van der Waals surface area contributed by atoms with Gasteiger partial charge in [-0.1, -0.05) is 0 Å². The minimum atomic E-state index is -1.42. The Kier molecular flexibility index (Phi) is 5.10. The maximum atomic E-state index is 15.1. The molecule has 26 heavy (non-hydrogen) atoms. The molecule has 1 fully saturated rings. The molecule has 1 aromatic carbocycles. The molecule has 2 heterocycles. The van der Waals surface area contributed by atoms with Crippen LogP contribution in [0.3, 0.4) is 0 Å². The number of rotatable bonds is 4. The fourth-order valence-corrected chi connectivity index (χ4v) is 3.33. The van der Waals surface area contributed by atoms with Gasteiger partial charge in [0, 0.05) is 24.3 Å². The predicted molar refractivity (Wildman–Crippen MR) is 95.4 cm³/mol. The van der Waals surface area contributed by atoms with E-state index in [0.29, 0.717) is 24.3 Å². The average molecular weight is 362 g/mol. The lowest BCUT2D eigenvalue weighted by Gasteiger charge is -2.37.